The fourth-order valence-electron chi connectivity index (χ4n) is 3.55. The van der Waals surface area contributed by atoms with Crippen molar-refractivity contribution in [2.75, 3.05) is 0 Å². The summed E-state index contributed by atoms with van der Waals surface area (Å²) in [7, 11) is 0. The van der Waals surface area contributed by atoms with Gasteiger partial charge in [-0.1, -0.05) is 27.7 Å². The van der Waals surface area contributed by atoms with Crippen LogP contribution < -0.4 is 0 Å². The molecule has 3 atom stereocenters. The largest absolute Gasteiger partial charge is 0.393 e. The smallest absolute Gasteiger partial charge is 0.318 e. The number of hydrogen-bond acceptors (Lipinski definition) is 3. The molecule has 1 saturated heterocycles. The van der Waals surface area contributed by atoms with Gasteiger partial charge in [0.25, 0.3) is 0 Å². The van der Waals surface area contributed by atoms with E-state index in [4.69, 9.17) is 4.74 Å². The second kappa shape index (κ2) is 4.11. The Labute approximate surface area is 103 Å². The number of rotatable bonds is 2. The highest BCUT2D eigenvalue weighted by atomic mass is 16.6. The van der Waals surface area contributed by atoms with Gasteiger partial charge in [0.15, 0.2) is 0 Å². The number of carbonyl (C=O) groups excluding carboxylic acids is 2. The maximum Gasteiger partial charge on any atom is 0.318 e. The lowest BCUT2D eigenvalue weighted by Crippen LogP contribution is -2.42. The van der Waals surface area contributed by atoms with E-state index in [-0.39, 0.29) is 29.2 Å². The van der Waals surface area contributed by atoms with Crippen molar-refractivity contribution >= 4 is 11.9 Å². The highest BCUT2D eigenvalue weighted by Crippen LogP contribution is 2.51. The Hall–Kier alpha value is -0.860. The van der Waals surface area contributed by atoms with E-state index in [1.54, 1.807) is 0 Å². The molecule has 3 nitrogen and oxygen atoms in total. The summed E-state index contributed by atoms with van der Waals surface area (Å²) in [6.45, 7) is 8.49. The van der Waals surface area contributed by atoms with Crippen molar-refractivity contribution in [3.05, 3.63) is 0 Å². The molecular formula is C14H22O3. The number of cyclic esters (lactones) is 2. The summed E-state index contributed by atoms with van der Waals surface area (Å²) < 4.78 is 4.88. The van der Waals surface area contributed by atoms with E-state index in [1.165, 1.54) is 0 Å². The van der Waals surface area contributed by atoms with Gasteiger partial charge in [-0.3, -0.25) is 9.59 Å². The molecule has 17 heavy (non-hydrogen) atoms. The summed E-state index contributed by atoms with van der Waals surface area (Å²) in [5.41, 5.74) is -0.0958. The molecule has 0 amide bonds. The Morgan fingerprint density at radius 3 is 2.53 bits per heavy atom. The molecule has 0 aromatic carbocycles. The van der Waals surface area contributed by atoms with Gasteiger partial charge in [0.2, 0.25) is 0 Å². The summed E-state index contributed by atoms with van der Waals surface area (Å²) in [5, 5.41) is 0. The Kier molecular flexibility index (Phi) is 3.04. The zero-order chi connectivity index (χ0) is 12.8. The topological polar surface area (TPSA) is 43.4 Å². The molecule has 1 saturated carbocycles. The van der Waals surface area contributed by atoms with E-state index >= 15 is 0 Å². The van der Waals surface area contributed by atoms with E-state index in [1.807, 2.05) is 0 Å². The number of ether oxygens (including phenoxy) is 1. The van der Waals surface area contributed by atoms with Gasteiger partial charge < -0.3 is 4.74 Å². The second-order valence-corrected chi connectivity index (χ2v) is 6.66. The molecule has 2 aliphatic rings. The van der Waals surface area contributed by atoms with Crippen LogP contribution in [0.15, 0.2) is 0 Å². The molecule has 3 unspecified atom stereocenters. The average molecular weight is 238 g/mol. The molecule has 0 aromatic rings. The molecule has 2 fully saturated rings. The summed E-state index contributed by atoms with van der Waals surface area (Å²) in [4.78, 5) is 23.7. The molecule has 2 rings (SSSR count). The molecule has 0 radical (unpaired) electrons. The maximum atomic E-state index is 11.9. The predicted octanol–water partition coefficient (Wildman–Crippen LogP) is 2.78. The Balaban J connectivity index is 2.26. The minimum Gasteiger partial charge on any atom is -0.393 e. The predicted molar refractivity (Wildman–Crippen MR) is 64.0 cm³/mol. The molecule has 0 spiro atoms. The van der Waals surface area contributed by atoms with Gasteiger partial charge in [-0.2, -0.15) is 0 Å². The summed E-state index contributed by atoms with van der Waals surface area (Å²) in [6.07, 6.45) is 3.06. The normalized spacial score (nSPS) is 35.9. The fourth-order valence-corrected chi connectivity index (χ4v) is 3.55. The number of hydrogen-bond donors (Lipinski definition) is 0. The Morgan fingerprint density at radius 2 is 1.94 bits per heavy atom. The van der Waals surface area contributed by atoms with Crippen molar-refractivity contribution in [1.82, 2.24) is 0 Å². The fraction of sp³-hybridized carbons (Fsp3) is 0.857. The van der Waals surface area contributed by atoms with E-state index < -0.39 is 0 Å². The second-order valence-electron chi connectivity index (χ2n) is 6.66. The summed E-state index contributed by atoms with van der Waals surface area (Å²) >= 11 is 0. The van der Waals surface area contributed by atoms with Crippen molar-refractivity contribution < 1.29 is 14.3 Å². The number of fused-ring (bicyclic) bond motifs is 1. The average Bonchev–Trinajstić information content (AvgIpc) is 2.48. The first kappa shape index (κ1) is 12.6. The van der Waals surface area contributed by atoms with Gasteiger partial charge >= 0.3 is 11.9 Å². The van der Waals surface area contributed by atoms with E-state index in [9.17, 15) is 9.59 Å². The molecule has 0 aromatic heterocycles. The molecular weight excluding hydrogens is 216 g/mol. The third-order valence-electron chi connectivity index (χ3n) is 4.37. The minimum atomic E-state index is -0.293. The number of carbonyl (C=O) groups is 2. The Bertz CT molecular complexity index is 343. The first-order chi connectivity index (χ1) is 7.83. The van der Waals surface area contributed by atoms with Crippen molar-refractivity contribution in [3.8, 4) is 0 Å². The SMILES string of the molecule is CC(C)CC1CCC(C)(C)C2C(=O)OC(=O)C12. The van der Waals surface area contributed by atoms with Crippen molar-refractivity contribution in [3.63, 3.8) is 0 Å². The standard InChI is InChI=1S/C14H22O3/c1-8(2)7-9-5-6-14(3,4)11-10(9)12(15)17-13(11)16/h8-11H,5-7H2,1-4H3. The van der Waals surface area contributed by atoms with Gasteiger partial charge in [-0.15, -0.1) is 0 Å². The quantitative estimate of drug-likeness (QED) is 0.549. The van der Waals surface area contributed by atoms with Crippen LogP contribution in [0.2, 0.25) is 0 Å². The van der Waals surface area contributed by atoms with Crippen LogP contribution in [0.5, 0.6) is 0 Å². The molecule has 0 bridgehead atoms. The van der Waals surface area contributed by atoms with Crippen LogP contribution in [0.4, 0.5) is 0 Å². The van der Waals surface area contributed by atoms with Crippen LogP contribution in [0.25, 0.3) is 0 Å². The molecule has 0 N–H and O–H groups in total. The zero-order valence-electron chi connectivity index (χ0n) is 11.2. The van der Waals surface area contributed by atoms with Gasteiger partial charge in [-0.25, -0.2) is 0 Å². The van der Waals surface area contributed by atoms with Gasteiger partial charge in [0, 0.05) is 0 Å². The van der Waals surface area contributed by atoms with E-state index in [2.05, 4.69) is 27.7 Å². The van der Waals surface area contributed by atoms with Crippen molar-refractivity contribution in [1.29, 1.82) is 0 Å². The third-order valence-corrected chi connectivity index (χ3v) is 4.37. The lowest BCUT2D eigenvalue weighted by molar-refractivity contribution is -0.154. The first-order valence-electron chi connectivity index (χ1n) is 6.58. The first-order valence-corrected chi connectivity index (χ1v) is 6.58. The van der Waals surface area contributed by atoms with Crippen LogP contribution in [0.3, 0.4) is 0 Å². The molecule has 96 valence electrons. The highest BCUT2D eigenvalue weighted by molar-refractivity contribution is 5.97. The lowest BCUT2D eigenvalue weighted by Gasteiger charge is -2.41. The molecule has 3 heteroatoms. The van der Waals surface area contributed by atoms with Crippen molar-refractivity contribution in [2.24, 2.45) is 29.1 Å². The molecule has 1 aliphatic carbocycles. The summed E-state index contributed by atoms with van der Waals surface area (Å²) in [5.74, 6) is -0.0876. The van der Waals surface area contributed by atoms with Crippen LogP contribution in [-0.2, 0) is 14.3 Å². The van der Waals surface area contributed by atoms with Crippen LogP contribution in [0, 0.1) is 29.1 Å². The molecule has 1 aliphatic heterocycles. The monoisotopic (exact) mass is 238 g/mol. The highest BCUT2D eigenvalue weighted by Gasteiger charge is 2.57. The Morgan fingerprint density at radius 1 is 1.29 bits per heavy atom. The van der Waals surface area contributed by atoms with Crippen LogP contribution in [-0.4, -0.2) is 11.9 Å². The van der Waals surface area contributed by atoms with E-state index in [0.29, 0.717) is 11.8 Å². The van der Waals surface area contributed by atoms with Gasteiger partial charge in [-0.05, 0) is 36.5 Å². The number of esters is 2. The molecule has 1 heterocycles. The maximum absolute atomic E-state index is 11.9. The van der Waals surface area contributed by atoms with Crippen molar-refractivity contribution in [2.45, 2.75) is 47.0 Å². The minimum absolute atomic E-state index is 0.0958. The van der Waals surface area contributed by atoms with Gasteiger partial charge in [0.05, 0.1) is 11.8 Å². The van der Waals surface area contributed by atoms with Crippen LogP contribution in [0.1, 0.15) is 47.0 Å². The van der Waals surface area contributed by atoms with E-state index in [0.717, 1.165) is 19.3 Å². The summed E-state index contributed by atoms with van der Waals surface area (Å²) in [6, 6.07) is 0. The van der Waals surface area contributed by atoms with Crippen LogP contribution >= 0.6 is 0 Å². The zero-order valence-corrected chi connectivity index (χ0v) is 11.2. The lowest BCUT2D eigenvalue weighted by atomic mass is 9.59. The third kappa shape index (κ3) is 2.12. The van der Waals surface area contributed by atoms with Gasteiger partial charge in [0.1, 0.15) is 0 Å².